The molecule has 0 aliphatic rings. The highest BCUT2D eigenvalue weighted by atomic mass is 32.1. The molecule has 1 aromatic carbocycles. The number of nitrogens with one attached hydrogen (secondary N) is 1. The fourth-order valence-corrected chi connectivity index (χ4v) is 4.69. The number of thiophene rings is 1. The molecule has 1 N–H and O–H groups in total. The Labute approximate surface area is 186 Å². The van der Waals surface area contributed by atoms with E-state index >= 15 is 0 Å². The van der Waals surface area contributed by atoms with Gasteiger partial charge in [0.15, 0.2) is 0 Å². The number of benzene rings is 1. The molecule has 2 aromatic heterocycles. The summed E-state index contributed by atoms with van der Waals surface area (Å²) in [5.74, 6) is -0.486. The van der Waals surface area contributed by atoms with Gasteiger partial charge in [-0.2, -0.15) is 5.10 Å². The average molecular weight is 438 g/mol. The molecule has 0 aliphatic carbocycles. The topological polar surface area (TPSA) is 72.7 Å². The van der Waals surface area contributed by atoms with Crippen molar-refractivity contribution in [2.45, 2.75) is 41.0 Å². The Hall–Kier alpha value is -3.19. The Kier molecular flexibility index (Phi) is 7.07. The van der Waals surface area contributed by atoms with Crippen molar-refractivity contribution in [2.24, 2.45) is 5.10 Å². The van der Waals surface area contributed by atoms with Crippen LogP contribution in [0.4, 0.5) is 0 Å². The summed E-state index contributed by atoms with van der Waals surface area (Å²) in [7, 11) is 0. The van der Waals surface area contributed by atoms with E-state index < -0.39 is 0 Å². The van der Waals surface area contributed by atoms with Crippen LogP contribution >= 0.6 is 11.3 Å². The quantitative estimate of drug-likeness (QED) is 0.332. The molecule has 0 saturated carbocycles. The Morgan fingerprint density at radius 3 is 2.55 bits per heavy atom. The van der Waals surface area contributed by atoms with Gasteiger partial charge in [-0.25, -0.2) is 10.2 Å². The number of aryl methyl sites for hydroxylation is 2. The molecule has 1 amide bonds. The molecule has 0 radical (unpaired) electrons. The normalized spacial score (nSPS) is 11.1. The molecular weight excluding hydrogens is 410 g/mol. The van der Waals surface area contributed by atoms with Crippen molar-refractivity contribution in [2.75, 3.05) is 6.61 Å². The van der Waals surface area contributed by atoms with Gasteiger partial charge in [-0.05, 0) is 51.8 Å². The van der Waals surface area contributed by atoms with Crippen LogP contribution in [0.1, 0.15) is 50.2 Å². The van der Waals surface area contributed by atoms with Gasteiger partial charge in [-0.3, -0.25) is 4.79 Å². The van der Waals surface area contributed by atoms with Gasteiger partial charge < -0.3 is 9.30 Å². The molecule has 6 nitrogen and oxygen atoms in total. The maximum absolute atomic E-state index is 12.6. The lowest BCUT2D eigenvalue weighted by Gasteiger charge is -2.10. The zero-order chi connectivity index (χ0) is 22.5. The molecule has 0 aliphatic heterocycles. The minimum absolute atomic E-state index is 0.176. The number of hydrogen-bond acceptors (Lipinski definition) is 5. The number of esters is 1. The van der Waals surface area contributed by atoms with E-state index in [4.69, 9.17) is 4.74 Å². The van der Waals surface area contributed by atoms with Crippen LogP contribution < -0.4 is 5.43 Å². The van der Waals surface area contributed by atoms with Gasteiger partial charge in [-0.15, -0.1) is 11.3 Å². The van der Waals surface area contributed by atoms with Crippen molar-refractivity contribution in [1.82, 2.24) is 9.99 Å². The molecule has 7 heteroatoms. The second kappa shape index (κ2) is 9.75. The first kappa shape index (κ1) is 22.5. The molecule has 0 unspecified atom stereocenters. The first-order valence-corrected chi connectivity index (χ1v) is 11.0. The summed E-state index contributed by atoms with van der Waals surface area (Å²) >= 11 is 1.57. The molecule has 0 fully saturated rings. The molecule has 162 valence electrons. The van der Waals surface area contributed by atoms with E-state index in [2.05, 4.69) is 10.5 Å². The highest BCUT2D eigenvalue weighted by Crippen LogP contribution is 2.34. The predicted octanol–water partition coefficient (Wildman–Crippen LogP) is 4.64. The molecule has 0 saturated heterocycles. The first-order chi connectivity index (χ1) is 14.8. The molecule has 3 rings (SSSR count). The average Bonchev–Trinajstić information content (AvgIpc) is 3.17. The Balaban J connectivity index is 1.83. The lowest BCUT2D eigenvalue weighted by Crippen LogP contribution is -2.19. The smallest absolute Gasteiger partial charge is 0.341 e. The molecule has 3 aromatic rings. The minimum Gasteiger partial charge on any atom is -0.462 e. The van der Waals surface area contributed by atoms with E-state index in [1.165, 1.54) is 0 Å². The SMILES string of the molecule is CCOC(=O)c1c(-n2c(C)cc(/C=N/NC(=O)Cc3ccccc3)c2C)sc(C)c1C. The molecule has 0 atom stereocenters. The monoisotopic (exact) mass is 437 g/mol. The number of aromatic nitrogens is 1. The summed E-state index contributed by atoms with van der Waals surface area (Å²) < 4.78 is 7.34. The lowest BCUT2D eigenvalue weighted by molar-refractivity contribution is -0.120. The second-order valence-corrected chi connectivity index (χ2v) is 8.50. The number of amides is 1. The van der Waals surface area contributed by atoms with Crippen LogP contribution in [0.25, 0.3) is 5.00 Å². The summed E-state index contributed by atoms with van der Waals surface area (Å²) in [5, 5.41) is 4.97. The van der Waals surface area contributed by atoms with Crippen molar-refractivity contribution in [3.8, 4) is 5.00 Å². The van der Waals surface area contributed by atoms with Gasteiger partial charge in [-0.1, -0.05) is 30.3 Å². The van der Waals surface area contributed by atoms with Gasteiger partial charge in [0.25, 0.3) is 0 Å². The van der Waals surface area contributed by atoms with E-state index in [-0.39, 0.29) is 18.3 Å². The number of carbonyl (C=O) groups excluding carboxylic acids is 2. The maximum Gasteiger partial charge on any atom is 0.341 e. The molecule has 0 spiro atoms. The van der Waals surface area contributed by atoms with Crippen LogP contribution in [0.15, 0.2) is 41.5 Å². The number of rotatable bonds is 7. The van der Waals surface area contributed by atoms with E-state index in [9.17, 15) is 9.59 Å². The van der Waals surface area contributed by atoms with Crippen molar-refractivity contribution in [3.05, 3.63) is 74.9 Å². The van der Waals surface area contributed by atoms with Gasteiger partial charge in [0.1, 0.15) is 5.00 Å². The van der Waals surface area contributed by atoms with Crippen LogP contribution in [0, 0.1) is 27.7 Å². The van der Waals surface area contributed by atoms with Gasteiger partial charge in [0.2, 0.25) is 5.91 Å². The van der Waals surface area contributed by atoms with Crippen LogP contribution in [0.2, 0.25) is 0 Å². The van der Waals surface area contributed by atoms with Crippen molar-refractivity contribution in [1.29, 1.82) is 0 Å². The number of ether oxygens (including phenoxy) is 1. The van der Waals surface area contributed by atoms with E-state index in [0.29, 0.717) is 12.2 Å². The van der Waals surface area contributed by atoms with E-state index in [1.54, 1.807) is 24.5 Å². The highest BCUT2D eigenvalue weighted by Gasteiger charge is 2.24. The number of hydrazone groups is 1. The minimum atomic E-state index is -0.310. The van der Waals surface area contributed by atoms with Gasteiger partial charge in [0, 0.05) is 21.8 Å². The van der Waals surface area contributed by atoms with Crippen molar-refractivity contribution >= 4 is 29.4 Å². The van der Waals surface area contributed by atoms with Crippen molar-refractivity contribution in [3.63, 3.8) is 0 Å². The highest BCUT2D eigenvalue weighted by molar-refractivity contribution is 7.15. The summed E-state index contributed by atoms with van der Waals surface area (Å²) in [6.45, 7) is 10.0. The zero-order valence-corrected chi connectivity index (χ0v) is 19.3. The molecule has 0 bridgehead atoms. The van der Waals surface area contributed by atoms with E-state index in [0.717, 1.165) is 38.0 Å². The molecular formula is C24H27N3O3S. The second-order valence-electron chi connectivity index (χ2n) is 7.30. The first-order valence-electron chi connectivity index (χ1n) is 10.2. The lowest BCUT2D eigenvalue weighted by atomic mass is 10.1. The van der Waals surface area contributed by atoms with Crippen LogP contribution in [0.5, 0.6) is 0 Å². The van der Waals surface area contributed by atoms with Gasteiger partial charge in [0.05, 0.1) is 24.8 Å². The maximum atomic E-state index is 12.6. The Morgan fingerprint density at radius 1 is 1.16 bits per heavy atom. The summed E-state index contributed by atoms with van der Waals surface area (Å²) in [6, 6.07) is 11.5. The molecule has 31 heavy (non-hydrogen) atoms. The van der Waals surface area contributed by atoms with Gasteiger partial charge >= 0.3 is 5.97 Å². The van der Waals surface area contributed by atoms with Crippen LogP contribution in [0.3, 0.4) is 0 Å². The molecule has 2 heterocycles. The summed E-state index contributed by atoms with van der Waals surface area (Å²) in [4.78, 5) is 25.8. The van der Waals surface area contributed by atoms with Crippen LogP contribution in [-0.2, 0) is 16.0 Å². The number of carbonyl (C=O) groups is 2. The number of hydrogen-bond donors (Lipinski definition) is 1. The van der Waals surface area contributed by atoms with E-state index in [1.807, 2.05) is 68.7 Å². The van der Waals surface area contributed by atoms with Crippen LogP contribution in [-0.4, -0.2) is 29.3 Å². The summed E-state index contributed by atoms with van der Waals surface area (Å²) in [6.07, 6.45) is 1.91. The fourth-order valence-electron chi connectivity index (χ4n) is 3.44. The third-order valence-electron chi connectivity index (χ3n) is 5.12. The Bertz CT molecular complexity index is 1130. The predicted molar refractivity (Wildman–Crippen MR) is 124 cm³/mol. The summed E-state index contributed by atoms with van der Waals surface area (Å²) in [5.41, 5.74) is 7.84. The third kappa shape index (κ3) is 4.94. The Morgan fingerprint density at radius 2 is 1.87 bits per heavy atom. The number of nitrogens with zero attached hydrogens (tertiary/aromatic N) is 2. The zero-order valence-electron chi connectivity index (χ0n) is 18.5. The fraction of sp³-hybridized carbons (Fsp3) is 0.292. The largest absolute Gasteiger partial charge is 0.462 e. The third-order valence-corrected chi connectivity index (χ3v) is 6.31. The van der Waals surface area contributed by atoms with Crippen molar-refractivity contribution < 1.29 is 14.3 Å². The standard InChI is InChI=1S/C24H27N3O3S/c1-6-30-24(29)22-16(3)18(5)31-23(22)27-15(2)12-20(17(27)4)14-25-26-21(28)13-19-10-8-7-9-11-19/h7-12,14H,6,13H2,1-5H3,(H,26,28)/b25-14+.